The Hall–Kier alpha value is -1.30. The molecule has 1 rings (SSSR count). The second-order valence-corrected chi connectivity index (χ2v) is 4.20. The van der Waals surface area contributed by atoms with E-state index in [4.69, 9.17) is 33.1 Å². The molecule has 1 amide bonds. The second-order valence-electron chi connectivity index (χ2n) is 3.38. The summed E-state index contributed by atoms with van der Waals surface area (Å²) in [5, 5.41) is 9.06. The number of rotatable bonds is 5. The van der Waals surface area contributed by atoms with Crippen LogP contribution in [-0.4, -0.2) is 23.1 Å². The Morgan fingerprint density at radius 3 is 2.39 bits per heavy atom. The lowest BCUT2D eigenvalue weighted by atomic mass is 10.2. The molecule has 0 spiro atoms. The maximum absolute atomic E-state index is 11.7. The summed E-state index contributed by atoms with van der Waals surface area (Å²) in [7, 11) is 0. The summed E-state index contributed by atoms with van der Waals surface area (Å²) < 4.78 is 0. The van der Waals surface area contributed by atoms with Crippen molar-refractivity contribution in [2.45, 2.75) is 19.4 Å². The molecule has 0 radical (unpaired) electrons. The van der Waals surface area contributed by atoms with Crippen LogP contribution in [0.5, 0.6) is 0 Å². The minimum absolute atomic E-state index is 0.0427. The molecule has 7 heteroatoms. The van der Waals surface area contributed by atoms with E-state index in [0.29, 0.717) is 0 Å². The molecule has 5 nitrogen and oxygen atoms in total. The Morgan fingerprint density at radius 2 is 1.94 bits per heavy atom. The molecule has 2 N–H and O–H groups in total. The van der Waals surface area contributed by atoms with Gasteiger partial charge in [-0.25, -0.2) is 10.3 Å². The van der Waals surface area contributed by atoms with E-state index >= 15 is 0 Å². The molecule has 0 saturated heterocycles. The Kier molecular flexibility index (Phi) is 5.40. The van der Waals surface area contributed by atoms with Gasteiger partial charge in [-0.1, -0.05) is 36.2 Å². The number of carbonyl (C=O) groups excluding carboxylic acids is 1. The van der Waals surface area contributed by atoms with Gasteiger partial charge in [-0.2, -0.15) is 0 Å². The fourth-order valence-electron chi connectivity index (χ4n) is 1.20. The molecule has 0 fully saturated rings. The first-order valence-corrected chi connectivity index (χ1v) is 5.85. The van der Waals surface area contributed by atoms with Crippen molar-refractivity contribution < 1.29 is 19.5 Å². The zero-order valence-corrected chi connectivity index (χ0v) is 11.0. The van der Waals surface area contributed by atoms with Crippen LogP contribution in [0.1, 0.15) is 23.7 Å². The highest BCUT2D eigenvalue weighted by molar-refractivity contribution is 6.39. The fourth-order valence-corrected chi connectivity index (χ4v) is 1.77. The van der Waals surface area contributed by atoms with Crippen molar-refractivity contribution in [3.8, 4) is 0 Å². The lowest BCUT2D eigenvalue weighted by Gasteiger charge is -2.12. The molecule has 98 valence electrons. The molecule has 0 aliphatic heterocycles. The van der Waals surface area contributed by atoms with E-state index in [9.17, 15) is 9.59 Å². The average molecular weight is 292 g/mol. The van der Waals surface area contributed by atoms with Gasteiger partial charge in [0, 0.05) is 0 Å². The third-order valence-electron chi connectivity index (χ3n) is 2.13. The number of hydrogen-bond acceptors (Lipinski definition) is 3. The summed E-state index contributed by atoms with van der Waals surface area (Å²) in [4.78, 5) is 27.2. The highest BCUT2D eigenvalue weighted by atomic mass is 35.5. The van der Waals surface area contributed by atoms with Crippen molar-refractivity contribution >= 4 is 35.1 Å². The molecular formula is C11H11Cl2NO4. The summed E-state index contributed by atoms with van der Waals surface area (Å²) in [6.07, 6.45) is -0.901. The first-order chi connectivity index (χ1) is 8.47. The Bertz CT molecular complexity index is 444. The predicted molar refractivity (Wildman–Crippen MR) is 66.7 cm³/mol. The molecule has 0 aromatic heterocycles. The third kappa shape index (κ3) is 3.60. The van der Waals surface area contributed by atoms with Gasteiger partial charge in [-0.3, -0.25) is 9.63 Å². The first-order valence-electron chi connectivity index (χ1n) is 5.10. The van der Waals surface area contributed by atoms with E-state index < -0.39 is 18.0 Å². The number of nitrogens with one attached hydrogen (secondary N) is 1. The van der Waals surface area contributed by atoms with Gasteiger partial charge in [0.1, 0.15) is 0 Å². The van der Waals surface area contributed by atoms with Gasteiger partial charge in [0.25, 0.3) is 5.91 Å². The summed E-state index contributed by atoms with van der Waals surface area (Å²) in [6.45, 7) is 1.62. The lowest BCUT2D eigenvalue weighted by Crippen LogP contribution is -2.34. The normalized spacial score (nSPS) is 11.9. The Labute approximate surface area is 114 Å². The largest absolute Gasteiger partial charge is 0.479 e. The van der Waals surface area contributed by atoms with Gasteiger partial charge in [0.15, 0.2) is 6.10 Å². The van der Waals surface area contributed by atoms with Crippen LogP contribution in [0.4, 0.5) is 0 Å². The number of carboxylic acids is 1. The molecule has 1 aromatic carbocycles. The second kappa shape index (κ2) is 6.58. The number of hydroxylamine groups is 1. The van der Waals surface area contributed by atoms with Crippen LogP contribution in [0.15, 0.2) is 18.2 Å². The van der Waals surface area contributed by atoms with Crippen LogP contribution < -0.4 is 5.48 Å². The van der Waals surface area contributed by atoms with E-state index in [-0.39, 0.29) is 22.0 Å². The minimum atomic E-state index is -1.16. The lowest BCUT2D eigenvalue weighted by molar-refractivity contribution is -0.154. The standard InChI is InChI=1S/C11H11Cl2NO4/c1-2-8(11(16)17)18-14-10(15)9-6(12)4-3-5-7(9)13/h3-5,8H,2H2,1H3,(H,14,15)(H,16,17). The van der Waals surface area contributed by atoms with Crippen molar-refractivity contribution in [3.63, 3.8) is 0 Å². The SMILES string of the molecule is CCC(ONC(=O)c1c(Cl)cccc1Cl)C(=O)O. The first kappa shape index (κ1) is 14.8. The average Bonchev–Trinajstić information content (AvgIpc) is 2.29. The Morgan fingerprint density at radius 1 is 1.39 bits per heavy atom. The molecule has 1 unspecified atom stereocenters. The number of benzene rings is 1. The van der Waals surface area contributed by atoms with Gasteiger partial charge in [-0.05, 0) is 18.6 Å². The van der Waals surface area contributed by atoms with Crippen LogP contribution in [0.25, 0.3) is 0 Å². The number of carbonyl (C=O) groups is 2. The van der Waals surface area contributed by atoms with Crippen molar-refractivity contribution in [2.75, 3.05) is 0 Å². The quantitative estimate of drug-likeness (QED) is 0.818. The molecule has 18 heavy (non-hydrogen) atoms. The molecule has 1 aromatic rings. The van der Waals surface area contributed by atoms with Crippen LogP contribution in [-0.2, 0) is 9.63 Å². The zero-order valence-electron chi connectivity index (χ0n) is 9.44. The van der Waals surface area contributed by atoms with E-state index in [1.165, 1.54) is 12.1 Å². The van der Waals surface area contributed by atoms with Crippen molar-refractivity contribution in [3.05, 3.63) is 33.8 Å². The van der Waals surface area contributed by atoms with Crippen LogP contribution in [0.2, 0.25) is 10.0 Å². The highest BCUT2D eigenvalue weighted by Gasteiger charge is 2.20. The van der Waals surface area contributed by atoms with Gasteiger partial charge in [0.2, 0.25) is 0 Å². The van der Waals surface area contributed by atoms with E-state index in [1.54, 1.807) is 13.0 Å². The highest BCUT2D eigenvalue weighted by Crippen LogP contribution is 2.23. The summed E-state index contributed by atoms with van der Waals surface area (Å²) >= 11 is 11.6. The van der Waals surface area contributed by atoms with Gasteiger partial charge in [0.05, 0.1) is 15.6 Å². The molecule has 0 aliphatic rings. The molecular weight excluding hydrogens is 281 g/mol. The van der Waals surface area contributed by atoms with Crippen molar-refractivity contribution in [1.29, 1.82) is 0 Å². The molecule has 0 saturated carbocycles. The zero-order chi connectivity index (χ0) is 13.7. The molecule has 0 aliphatic carbocycles. The van der Waals surface area contributed by atoms with E-state index in [0.717, 1.165) is 0 Å². The van der Waals surface area contributed by atoms with Crippen molar-refractivity contribution in [2.24, 2.45) is 0 Å². The number of hydrogen-bond donors (Lipinski definition) is 2. The third-order valence-corrected chi connectivity index (χ3v) is 2.76. The summed E-state index contributed by atoms with van der Waals surface area (Å²) in [6, 6.07) is 4.59. The predicted octanol–water partition coefficient (Wildman–Crippen LogP) is 2.52. The van der Waals surface area contributed by atoms with E-state index in [2.05, 4.69) is 0 Å². The van der Waals surface area contributed by atoms with E-state index in [1.807, 2.05) is 5.48 Å². The number of carboxylic acid groups (broad SMARTS) is 1. The summed E-state index contributed by atoms with van der Waals surface area (Å²) in [5.41, 5.74) is 2.07. The minimum Gasteiger partial charge on any atom is -0.479 e. The fraction of sp³-hybridized carbons (Fsp3) is 0.273. The smallest absolute Gasteiger partial charge is 0.335 e. The number of amides is 1. The van der Waals surface area contributed by atoms with Crippen LogP contribution in [0.3, 0.4) is 0 Å². The van der Waals surface area contributed by atoms with Gasteiger partial charge in [-0.15, -0.1) is 0 Å². The summed E-state index contributed by atoms with van der Waals surface area (Å²) in [5.74, 6) is -1.85. The number of aliphatic carboxylic acids is 1. The number of halogens is 2. The molecule has 1 atom stereocenters. The maximum Gasteiger partial charge on any atom is 0.335 e. The van der Waals surface area contributed by atoms with Crippen LogP contribution in [0, 0.1) is 0 Å². The van der Waals surface area contributed by atoms with Gasteiger partial charge >= 0.3 is 5.97 Å². The monoisotopic (exact) mass is 291 g/mol. The van der Waals surface area contributed by atoms with Crippen molar-refractivity contribution in [1.82, 2.24) is 5.48 Å². The van der Waals surface area contributed by atoms with Gasteiger partial charge < -0.3 is 5.11 Å². The van der Waals surface area contributed by atoms with Crippen LogP contribution >= 0.6 is 23.2 Å². The maximum atomic E-state index is 11.7. The Balaban J connectivity index is 2.74. The molecule has 0 heterocycles. The molecule has 0 bridgehead atoms. The topological polar surface area (TPSA) is 75.6 Å².